The minimum absolute atomic E-state index is 0.112. The number of hydrogen-bond donors (Lipinski definition) is 1. The number of rotatable bonds is 6. The van der Waals surface area contributed by atoms with Crippen molar-refractivity contribution in [2.75, 3.05) is 26.7 Å². The van der Waals surface area contributed by atoms with Crippen LogP contribution in [-0.4, -0.2) is 47.6 Å². The Morgan fingerprint density at radius 1 is 1.38 bits per heavy atom. The molecule has 6 heteroatoms. The zero-order valence-corrected chi connectivity index (χ0v) is 15.8. The lowest BCUT2D eigenvalue weighted by atomic mass is 9.96. The first-order chi connectivity index (χ1) is 12.7. The van der Waals surface area contributed by atoms with Crippen LogP contribution in [-0.2, 0) is 6.42 Å². The van der Waals surface area contributed by atoms with Gasteiger partial charge < -0.3 is 14.7 Å². The van der Waals surface area contributed by atoms with Crippen molar-refractivity contribution >= 4 is 17.0 Å². The Kier molecular flexibility index (Phi) is 4.94. The molecule has 0 spiro atoms. The summed E-state index contributed by atoms with van der Waals surface area (Å²) in [5, 5.41) is 8.30. The van der Waals surface area contributed by atoms with Crippen molar-refractivity contribution < 1.29 is 9.32 Å². The van der Waals surface area contributed by atoms with Gasteiger partial charge in [-0.2, -0.15) is 0 Å². The Morgan fingerprint density at radius 3 is 2.96 bits per heavy atom. The molecule has 1 N–H and O–H groups in total. The van der Waals surface area contributed by atoms with Crippen molar-refractivity contribution in [3.05, 3.63) is 23.0 Å². The summed E-state index contributed by atoms with van der Waals surface area (Å²) in [4.78, 5) is 20.1. The lowest BCUT2D eigenvalue weighted by Gasteiger charge is -2.33. The highest BCUT2D eigenvalue weighted by molar-refractivity contribution is 6.06. The molecule has 1 aliphatic heterocycles. The van der Waals surface area contributed by atoms with Gasteiger partial charge in [0.25, 0.3) is 11.6 Å². The Hall–Kier alpha value is -1.95. The fourth-order valence-electron chi connectivity index (χ4n) is 4.07. The molecule has 2 fully saturated rings. The molecule has 1 atom stereocenters. The van der Waals surface area contributed by atoms with Crippen LogP contribution in [0, 0.1) is 5.92 Å². The summed E-state index contributed by atoms with van der Waals surface area (Å²) < 4.78 is 5.52. The predicted octanol–water partition coefficient (Wildman–Crippen LogP) is 3.12. The van der Waals surface area contributed by atoms with Crippen molar-refractivity contribution in [2.45, 2.75) is 51.4 Å². The topological polar surface area (TPSA) is 71.3 Å². The van der Waals surface area contributed by atoms with Gasteiger partial charge in [-0.25, -0.2) is 4.98 Å². The number of aromatic nitrogens is 2. The molecular weight excluding hydrogens is 328 g/mol. The first-order valence-corrected chi connectivity index (χ1v) is 9.94. The number of hydrogen-bond acceptors (Lipinski definition) is 5. The van der Waals surface area contributed by atoms with Crippen LogP contribution in [0.4, 0.5) is 0 Å². The molecule has 1 unspecified atom stereocenters. The van der Waals surface area contributed by atoms with Gasteiger partial charge >= 0.3 is 0 Å². The van der Waals surface area contributed by atoms with Crippen molar-refractivity contribution in [1.82, 2.24) is 20.4 Å². The van der Waals surface area contributed by atoms with Crippen LogP contribution in [0.1, 0.15) is 66.7 Å². The zero-order chi connectivity index (χ0) is 18.1. The predicted molar refractivity (Wildman–Crippen MR) is 100 cm³/mol. The van der Waals surface area contributed by atoms with Crippen molar-refractivity contribution in [1.29, 1.82) is 0 Å². The minimum atomic E-state index is 0.112. The molecule has 140 valence electrons. The quantitative estimate of drug-likeness (QED) is 0.861. The number of pyridine rings is 1. The van der Waals surface area contributed by atoms with Gasteiger partial charge in [-0.3, -0.25) is 4.79 Å². The van der Waals surface area contributed by atoms with Gasteiger partial charge in [-0.1, -0.05) is 18.5 Å². The number of likely N-dealkylation sites (tertiary alicyclic amines) is 1. The standard InChI is InChI=1S/C20H28N4O2/c1-3-5-16-18-15(10-17(14-7-8-14)22-19(18)26-23-16)20(25)24-9-4-6-13(12-24)11-21-2/h10,13-14,21H,3-9,11-12H2,1-2H3. The number of nitrogens with one attached hydrogen (secondary N) is 1. The second-order valence-corrected chi connectivity index (χ2v) is 7.75. The van der Waals surface area contributed by atoms with E-state index in [-0.39, 0.29) is 5.91 Å². The van der Waals surface area contributed by atoms with Crippen LogP contribution < -0.4 is 5.32 Å². The molecule has 2 aromatic heterocycles. The largest absolute Gasteiger partial charge is 0.338 e. The number of amides is 1. The van der Waals surface area contributed by atoms with Crippen LogP contribution in [0.5, 0.6) is 0 Å². The average molecular weight is 356 g/mol. The molecule has 1 aliphatic carbocycles. The first kappa shape index (κ1) is 17.5. The van der Waals surface area contributed by atoms with Crippen molar-refractivity contribution in [2.24, 2.45) is 5.92 Å². The van der Waals surface area contributed by atoms with Gasteiger partial charge in [-0.15, -0.1) is 0 Å². The Balaban J connectivity index is 1.71. The second-order valence-electron chi connectivity index (χ2n) is 7.75. The van der Waals surface area contributed by atoms with E-state index in [0.29, 0.717) is 17.5 Å². The molecule has 2 aliphatic rings. The van der Waals surface area contributed by atoms with Gasteiger partial charge in [0, 0.05) is 24.7 Å². The van der Waals surface area contributed by atoms with E-state index in [1.807, 2.05) is 18.0 Å². The van der Waals surface area contributed by atoms with E-state index < -0.39 is 0 Å². The molecule has 1 saturated carbocycles. The van der Waals surface area contributed by atoms with Gasteiger partial charge in [-0.05, 0) is 57.7 Å². The van der Waals surface area contributed by atoms with Crippen LogP contribution in [0.3, 0.4) is 0 Å². The molecule has 1 amide bonds. The average Bonchev–Trinajstić information content (AvgIpc) is 3.43. The summed E-state index contributed by atoms with van der Waals surface area (Å²) >= 11 is 0. The normalized spacial score (nSPS) is 20.7. The van der Waals surface area contributed by atoms with E-state index in [2.05, 4.69) is 22.4 Å². The Labute approximate surface area is 154 Å². The zero-order valence-electron chi connectivity index (χ0n) is 15.8. The van der Waals surface area contributed by atoms with Crippen LogP contribution in [0.25, 0.3) is 11.1 Å². The molecule has 0 bridgehead atoms. The van der Waals surface area contributed by atoms with Crippen molar-refractivity contribution in [3.63, 3.8) is 0 Å². The van der Waals surface area contributed by atoms with Gasteiger partial charge in [0.05, 0.1) is 16.6 Å². The number of nitrogens with zero attached hydrogens (tertiary/aromatic N) is 3. The third kappa shape index (κ3) is 3.34. The molecule has 0 radical (unpaired) electrons. The molecule has 6 nitrogen and oxygen atoms in total. The smallest absolute Gasteiger partial charge is 0.259 e. The Bertz CT molecular complexity index is 794. The van der Waals surface area contributed by atoms with E-state index in [0.717, 1.165) is 74.1 Å². The van der Waals surface area contributed by atoms with E-state index in [4.69, 9.17) is 4.52 Å². The third-order valence-electron chi connectivity index (χ3n) is 5.55. The number of piperidine rings is 1. The number of carbonyl (C=O) groups excluding carboxylic acids is 1. The van der Waals surface area contributed by atoms with E-state index >= 15 is 0 Å². The van der Waals surface area contributed by atoms with Crippen LogP contribution in [0.15, 0.2) is 10.6 Å². The second kappa shape index (κ2) is 7.35. The summed E-state index contributed by atoms with van der Waals surface area (Å²) in [5.41, 5.74) is 3.13. The molecule has 0 aromatic carbocycles. The monoisotopic (exact) mass is 356 g/mol. The van der Waals surface area contributed by atoms with E-state index in [9.17, 15) is 4.79 Å². The highest BCUT2D eigenvalue weighted by atomic mass is 16.5. The van der Waals surface area contributed by atoms with Crippen LogP contribution in [0.2, 0.25) is 0 Å². The third-order valence-corrected chi connectivity index (χ3v) is 5.55. The maximum Gasteiger partial charge on any atom is 0.259 e. The molecule has 3 heterocycles. The molecule has 1 saturated heterocycles. The fraction of sp³-hybridized carbons (Fsp3) is 0.650. The van der Waals surface area contributed by atoms with E-state index in [1.165, 1.54) is 6.42 Å². The molecule has 4 rings (SSSR count). The first-order valence-electron chi connectivity index (χ1n) is 9.94. The Morgan fingerprint density at radius 2 is 2.23 bits per heavy atom. The number of aryl methyl sites for hydroxylation is 1. The molecule has 26 heavy (non-hydrogen) atoms. The number of fused-ring (bicyclic) bond motifs is 1. The summed E-state index contributed by atoms with van der Waals surface area (Å²) in [5.74, 6) is 1.11. The highest BCUT2D eigenvalue weighted by Gasteiger charge is 2.31. The summed E-state index contributed by atoms with van der Waals surface area (Å²) in [6.45, 7) is 4.71. The van der Waals surface area contributed by atoms with Gasteiger partial charge in [0.15, 0.2) is 0 Å². The summed E-state index contributed by atoms with van der Waals surface area (Å²) in [6, 6.07) is 2.01. The van der Waals surface area contributed by atoms with Crippen molar-refractivity contribution in [3.8, 4) is 0 Å². The van der Waals surface area contributed by atoms with Crippen LogP contribution >= 0.6 is 0 Å². The van der Waals surface area contributed by atoms with Gasteiger partial charge in [0.2, 0.25) is 0 Å². The maximum atomic E-state index is 13.4. The summed E-state index contributed by atoms with van der Waals surface area (Å²) in [6.07, 6.45) is 6.31. The highest BCUT2D eigenvalue weighted by Crippen LogP contribution is 2.41. The van der Waals surface area contributed by atoms with Gasteiger partial charge in [0.1, 0.15) is 0 Å². The fourth-order valence-corrected chi connectivity index (χ4v) is 4.07. The van der Waals surface area contributed by atoms with E-state index in [1.54, 1.807) is 0 Å². The SMILES string of the molecule is CCCc1noc2nc(C3CC3)cc(C(=O)N3CCCC(CNC)C3)c12. The minimum Gasteiger partial charge on any atom is -0.338 e. The lowest BCUT2D eigenvalue weighted by Crippen LogP contribution is -2.42. The maximum absolute atomic E-state index is 13.4. The lowest BCUT2D eigenvalue weighted by molar-refractivity contribution is 0.0676. The number of carbonyl (C=O) groups is 1. The molecular formula is C20H28N4O2. The summed E-state index contributed by atoms with van der Waals surface area (Å²) in [7, 11) is 1.98. The molecule has 2 aromatic rings.